The van der Waals surface area contributed by atoms with Crippen LogP contribution in [0.5, 0.6) is 0 Å². The van der Waals surface area contributed by atoms with Gasteiger partial charge in [-0.2, -0.15) is 0 Å². The van der Waals surface area contributed by atoms with Gasteiger partial charge in [0, 0.05) is 30.8 Å². The molecule has 5 fully saturated rings. The summed E-state index contributed by atoms with van der Waals surface area (Å²) in [7, 11) is 1.70. The highest BCUT2D eigenvalue weighted by atomic mass is 16.8. The molecule has 1 spiro atoms. The number of rotatable bonds is 5. The van der Waals surface area contributed by atoms with Gasteiger partial charge in [0.1, 0.15) is 23.0 Å². The van der Waals surface area contributed by atoms with Crippen molar-refractivity contribution in [2.45, 2.75) is 69.1 Å². The van der Waals surface area contributed by atoms with Crippen LogP contribution in [-0.4, -0.2) is 56.0 Å². The van der Waals surface area contributed by atoms with Crippen molar-refractivity contribution in [3.8, 4) is 0 Å². The molecule has 36 heavy (non-hydrogen) atoms. The molecule has 186 valence electrons. The summed E-state index contributed by atoms with van der Waals surface area (Å²) in [4.78, 5) is 27.5. The number of ether oxygens (including phenoxy) is 2. The van der Waals surface area contributed by atoms with Gasteiger partial charge in [0.15, 0.2) is 17.3 Å². The fourth-order valence-corrected chi connectivity index (χ4v) is 8.40. The van der Waals surface area contributed by atoms with Crippen LogP contribution in [0.4, 0.5) is 5.82 Å². The van der Waals surface area contributed by atoms with Crippen molar-refractivity contribution < 1.29 is 14.3 Å². The first-order valence-corrected chi connectivity index (χ1v) is 12.8. The second-order valence-corrected chi connectivity index (χ2v) is 11.8. The van der Waals surface area contributed by atoms with Crippen molar-refractivity contribution in [1.29, 1.82) is 0 Å². The van der Waals surface area contributed by atoms with Gasteiger partial charge in [-0.1, -0.05) is 30.3 Å². The van der Waals surface area contributed by atoms with Gasteiger partial charge in [-0.25, -0.2) is 15.0 Å². The Labute approximate surface area is 209 Å². The smallest absolute Gasteiger partial charge is 0.229 e. The van der Waals surface area contributed by atoms with Gasteiger partial charge < -0.3 is 24.7 Å². The molecule has 2 N–H and O–H groups in total. The zero-order chi connectivity index (χ0) is 24.8. The molecule has 1 aliphatic heterocycles. The molecule has 0 radical (unpaired) electrons. The molecule has 4 saturated carbocycles. The predicted molar refractivity (Wildman–Crippen MR) is 131 cm³/mol. The Bertz CT molecular complexity index is 1470. The normalized spacial score (nSPS) is 42.1. The van der Waals surface area contributed by atoms with Gasteiger partial charge >= 0.3 is 0 Å². The maximum Gasteiger partial charge on any atom is 0.229 e. The molecule has 2 aromatic heterocycles. The summed E-state index contributed by atoms with van der Waals surface area (Å²) >= 11 is 0. The standard InChI is InChI=1S/C27H30N6O3/c1-13-30-20(32-16-11-15(16)14-9-7-6-8-10-14)17-21(31-13)33(12-29-17)25(4)18-19-26(18,23(34)28-5)22-27(19,25)36-24(2,3)35-22/h6-10,12,15-16,18-19,22H,11H2,1-5H3,(H,28,34)(H,30,31,32). The lowest BCUT2D eigenvalue weighted by Gasteiger charge is -2.57. The van der Waals surface area contributed by atoms with Crippen LogP contribution in [-0.2, 0) is 19.8 Å². The van der Waals surface area contributed by atoms with Crippen LogP contribution in [0.15, 0.2) is 36.7 Å². The fraction of sp³-hybridized carbons (Fsp3) is 0.556. The van der Waals surface area contributed by atoms with E-state index in [1.54, 1.807) is 7.05 Å². The molecule has 3 heterocycles. The number of benzene rings is 1. The molecule has 9 heteroatoms. The number of nitrogens with one attached hydrogen (secondary N) is 2. The van der Waals surface area contributed by atoms with Crippen LogP contribution in [0.3, 0.4) is 0 Å². The van der Waals surface area contributed by atoms with E-state index in [2.05, 4.69) is 46.4 Å². The highest BCUT2D eigenvalue weighted by Gasteiger charge is 3.09. The molecular formula is C27H30N6O3. The average molecular weight is 487 g/mol. The molecule has 9 nitrogen and oxygen atoms in total. The van der Waals surface area contributed by atoms with E-state index >= 15 is 0 Å². The highest BCUT2D eigenvalue weighted by Crippen LogP contribution is 2.96. The molecular weight excluding hydrogens is 456 g/mol. The van der Waals surface area contributed by atoms with Gasteiger partial charge in [-0.15, -0.1) is 0 Å². The molecule has 1 saturated heterocycles. The van der Waals surface area contributed by atoms with E-state index in [0.717, 1.165) is 23.4 Å². The maximum atomic E-state index is 13.1. The maximum absolute atomic E-state index is 13.1. The molecule has 5 aliphatic rings. The van der Waals surface area contributed by atoms with Crippen molar-refractivity contribution in [3.05, 3.63) is 48.0 Å². The third kappa shape index (κ3) is 2.07. The van der Waals surface area contributed by atoms with Crippen LogP contribution in [0.1, 0.15) is 44.5 Å². The predicted octanol–water partition coefficient (Wildman–Crippen LogP) is 2.71. The number of hydrogen-bond donors (Lipinski definition) is 2. The Morgan fingerprint density at radius 1 is 1.14 bits per heavy atom. The highest BCUT2D eigenvalue weighted by molar-refractivity contribution is 5.94. The Morgan fingerprint density at radius 3 is 2.67 bits per heavy atom. The molecule has 8 unspecified atom stereocenters. The summed E-state index contributed by atoms with van der Waals surface area (Å²) in [5, 5.41) is 6.53. The largest absolute Gasteiger partial charge is 0.365 e. The first-order valence-electron chi connectivity index (χ1n) is 12.8. The van der Waals surface area contributed by atoms with Crippen molar-refractivity contribution in [2.75, 3.05) is 12.4 Å². The van der Waals surface area contributed by atoms with E-state index in [1.165, 1.54) is 5.56 Å². The molecule has 1 aromatic carbocycles. The van der Waals surface area contributed by atoms with E-state index in [4.69, 9.17) is 24.4 Å². The minimum absolute atomic E-state index is 0.0430. The number of hydrogen-bond acceptors (Lipinski definition) is 7. The number of amides is 1. The number of imidazole rings is 1. The second-order valence-electron chi connectivity index (χ2n) is 11.8. The number of carbonyl (C=O) groups is 1. The third-order valence-electron chi connectivity index (χ3n) is 9.72. The number of aromatic nitrogens is 4. The number of anilines is 1. The molecule has 8 atom stereocenters. The van der Waals surface area contributed by atoms with E-state index in [-0.39, 0.29) is 23.8 Å². The van der Waals surface area contributed by atoms with E-state index < -0.39 is 22.3 Å². The van der Waals surface area contributed by atoms with Crippen molar-refractivity contribution in [3.63, 3.8) is 0 Å². The summed E-state index contributed by atoms with van der Waals surface area (Å²) < 4.78 is 15.2. The Kier molecular flexibility index (Phi) is 3.56. The van der Waals surface area contributed by atoms with Crippen LogP contribution in [0, 0.1) is 24.2 Å². The lowest BCUT2D eigenvalue weighted by atomic mass is 9.57. The first kappa shape index (κ1) is 21.1. The van der Waals surface area contributed by atoms with Crippen molar-refractivity contribution in [1.82, 2.24) is 24.8 Å². The first-order chi connectivity index (χ1) is 17.2. The summed E-state index contributed by atoms with van der Waals surface area (Å²) in [6, 6.07) is 10.9. The van der Waals surface area contributed by atoms with Crippen molar-refractivity contribution >= 4 is 22.9 Å². The lowest BCUT2D eigenvalue weighted by Crippen LogP contribution is -2.73. The van der Waals surface area contributed by atoms with E-state index in [9.17, 15) is 4.79 Å². The zero-order valence-electron chi connectivity index (χ0n) is 21.1. The molecule has 8 rings (SSSR count). The monoisotopic (exact) mass is 486 g/mol. The average Bonchev–Trinajstić information content (AvgIpc) is 3.63. The SMILES string of the molecule is CNC(=O)C12C3OC(C)(C)OC34C1C2C4(C)n1cnc2c(NC3CC3c3ccccc3)nc(C)nc21. The van der Waals surface area contributed by atoms with Crippen LogP contribution in [0.25, 0.3) is 11.2 Å². The molecule has 0 bridgehead atoms. The Hall–Kier alpha value is -3.04. The van der Waals surface area contributed by atoms with Gasteiger partial charge in [0.25, 0.3) is 0 Å². The van der Waals surface area contributed by atoms with Gasteiger partial charge in [0.2, 0.25) is 5.91 Å². The third-order valence-corrected chi connectivity index (χ3v) is 9.72. The lowest BCUT2D eigenvalue weighted by molar-refractivity contribution is -0.230. The van der Waals surface area contributed by atoms with Crippen LogP contribution in [0.2, 0.25) is 0 Å². The van der Waals surface area contributed by atoms with E-state index in [1.807, 2.05) is 33.2 Å². The molecule has 1 amide bonds. The van der Waals surface area contributed by atoms with Gasteiger partial charge in [-0.05, 0) is 39.7 Å². The minimum Gasteiger partial charge on any atom is -0.365 e. The Morgan fingerprint density at radius 2 is 1.92 bits per heavy atom. The molecule has 4 aliphatic carbocycles. The summed E-state index contributed by atoms with van der Waals surface area (Å²) in [6.45, 7) is 7.97. The number of aryl methyl sites for hydroxylation is 1. The number of carbonyl (C=O) groups excluding carboxylic acids is 1. The van der Waals surface area contributed by atoms with Gasteiger partial charge in [0.05, 0.1) is 17.3 Å². The Balaban J connectivity index is 1.19. The number of fused-ring (bicyclic) bond motifs is 3. The summed E-state index contributed by atoms with van der Waals surface area (Å²) in [5.41, 5.74) is 1.25. The topological polar surface area (TPSA) is 103 Å². The van der Waals surface area contributed by atoms with Gasteiger partial charge in [-0.3, -0.25) is 4.79 Å². The summed E-state index contributed by atoms with van der Waals surface area (Å²) in [5.74, 6) is 1.48. The quantitative estimate of drug-likeness (QED) is 0.572. The minimum atomic E-state index is -0.752. The molecule has 3 aromatic rings. The van der Waals surface area contributed by atoms with Crippen LogP contribution >= 0.6 is 0 Å². The summed E-state index contributed by atoms with van der Waals surface area (Å²) in [6.07, 6.45) is 2.64. The van der Waals surface area contributed by atoms with Crippen molar-refractivity contribution in [2.24, 2.45) is 17.3 Å². The fourth-order valence-electron chi connectivity index (χ4n) is 8.40. The van der Waals surface area contributed by atoms with E-state index in [0.29, 0.717) is 17.8 Å². The zero-order valence-corrected chi connectivity index (χ0v) is 21.1. The number of nitrogens with zero attached hydrogens (tertiary/aromatic N) is 4. The second kappa shape index (κ2) is 6.08. The van der Waals surface area contributed by atoms with Crippen LogP contribution < -0.4 is 10.6 Å².